The number of rotatable bonds is 2. The van der Waals surface area contributed by atoms with Crippen molar-refractivity contribution in [2.45, 2.75) is 18.5 Å². The van der Waals surface area contributed by atoms with E-state index in [4.69, 9.17) is 23.2 Å². The third-order valence-corrected chi connectivity index (χ3v) is 3.20. The first-order valence-electron chi connectivity index (χ1n) is 4.82. The van der Waals surface area contributed by atoms with Crippen LogP contribution in [0.25, 0.3) is 0 Å². The summed E-state index contributed by atoms with van der Waals surface area (Å²) < 4.78 is 13.4. The summed E-state index contributed by atoms with van der Waals surface area (Å²) in [5.74, 6) is -0.227. The predicted molar refractivity (Wildman–Crippen MR) is 60.4 cm³/mol. The summed E-state index contributed by atoms with van der Waals surface area (Å²) in [5, 5.41) is 0.556. The first-order chi connectivity index (χ1) is 7.16. The average molecular weight is 247 g/mol. The van der Waals surface area contributed by atoms with E-state index >= 15 is 0 Å². The highest BCUT2D eigenvalue weighted by atomic mass is 35.5. The first kappa shape index (κ1) is 11.2. The molecule has 1 aliphatic rings. The highest BCUT2D eigenvalue weighted by molar-refractivity contribution is 6.30. The van der Waals surface area contributed by atoms with Gasteiger partial charge in [-0.05, 0) is 31.0 Å². The van der Waals surface area contributed by atoms with Crippen LogP contribution in [0.2, 0.25) is 5.02 Å². The quantitative estimate of drug-likeness (QED) is 0.571. The summed E-state index contributed by atoms with van der Waals surface area (Å²) in [6.45, 7) is 1.39. The third kappa shape index (κ3) is 2.63. The standard InChI is InChI=1S/C11H11Cl2FN/c12-9-3-4-10(14)8(6-9)7-15-5-1-2-11(15)13/h2-4,6,11H,1,5,7H2. The van der Waals surface area contributed by atoms with Gasteiger partial charge < -0.3 is 0 Å². The molecule has 1 nitrogen and oxygen atoms in total. The molecule has 15 heavy (non-hydrogen) atoms. The van der Waals surface area contributed by atoms with Crippen LogP contribution in [0.1, 0.15) is 12.0 Å². The fourth-order valence-corrected chi connectivity index (χ4v) is 2.19. The summed E-state index contributed by atoms with van der Waals surface area (Å²) >= 11 is 11.8. The molecule has 1 heterocycles. The zero-order valence-electron chi connectivity index (χ0n) is 8.09. The summed E-state index contributed by atoms with van der Waals surface area (Å²) in [7, 11) is 0. The molecule has 0 spiro atoms. The monoisotopic (exact) mass is 246 g/mol. The van der Waals surface area contributed by atoms with E-state index < -0.39 is 0 Å². The van der Waals surface area contributed by atoms with Gasteiger partial charge in [0, 0.05) is 23.7 Å². The zero-order chi connectivity index (χ0) is 10.8. The Kier molecular flexibility index (Phi) is 3.49. The van der Waals surface area contributed by atoms with Gasteiger partial charge in [0.25, 0.3) is 0 Å². The maximum atomic E-state index is 13.4. The van der Waals surface area contributed by atoms with Crippen molar-refractivity contribution >= 4 is 23.2 Å². The van der Waals surface area contributed by atoms with Crippen LogP contribution in [-0.4, -0.2) is 16.9 Å². The topological polar surface area (TPSA) is 3.24 Å². The summed E-state index contributed by atoms with van der Waals surface area (Å²) in [6.07, 6.45) is 2.97. The van der Waals surface area contributed by atoms with Gasteiger partial charge in [-0.3, -0.25) is 4.90 Å². The van der Waals surface area contributed by atoms with E-state index in [1.807, 2.05) is 11.3 Å². The lowest BCUT2D eigenvalue weighted by Crippen LogP contribution is -2.25. The normalized spacial score (nSPS) is 22.2. The molecule has 1 aromatic carbocycles. The molecule has 1 atom stereocenters. The number of likely N-dealkylation sites (tertiary alicyclic amines) is 1. The molecule has 0 amide bonds. The van der Waals surface area contributed by atoms with E-state index in [0.717, 1.165) is 13.0 Å². The van der Waals surface area contributed by atoms with Gasteiger partial charge in [-0.2, -0.15) is 0 Å². The van der Waals surface area contributed by atoms with Crippen LogP contribution in [0.4, 0.5) is 4.39 Å². The predicted octanol–water partition coefficient (Wildman–Crippen LogP) is 3.45. The van der Waals surface area contributed by atoms with Crippen molar-refractivity contribution < 1.29 is 4.39 Å². The van der Waals surface area contributed by atoms with Gasteiger partial charge in [-0.1, -0.05) is 11.6 Å². The van der Waals surface area contributed by atoms with Gasteiger partial charge in [0.15, 0.2) is 0 Å². The second-order valence-corrected chi connectivity index (χ2v) is 4.49. The summed E-state index contributed by atoms with van der Waals surface area (Å²) in [5.41, 5.74) is 0.506. The second-order valence-electron chi connectivity index (χ2n) is 3.60. The maximum absolute atomic E-state index is 13.4. The van der Waals surface area contributed by atoms with Gasteiger partial charge in [-0.15, -0.1) is 11.6 Å². The van der Waals surface area contributed by atoms with Crippen molar-refractivity contribution in [3.05, 3.63) is 41.0 Å². The van der Waals surface area contributed by atoms with Crippen molar-refractivity contribution in [3.63, 3.8) is 0 Å². The molecule has 1 fully saturated rings. The van der Waals surface area contributed by atoms with Crippen molar-refractivity contribution in [2.75, 3.05) is 6.54 Å². The molecule has 0 N–H and O–H groups in total. The molecule has 1 radical (unpaired) electrons. The Bertz CT molecular complexity index is 356. The van der Waals surface area contributed by atoms with Crippen molar-refractivity contribution in [1.29, 1.82) is 0 Å². The number of benzene rings is 1. The van der Waals surface area contributed by atoms with E-state index in [1.54, 1.807) is 12.1 Å². The molecule has 1 saturated heterocycles. The molecular weight excluding hydrogens is 236 g/mol. The Hall–Kier alpha value is -0.310. The van der Waals surface area contributed by atoms with Crippen LogP contribution in [-0.2, 0) is 6.54 Å². The lowest BCUT2D eigenvalue weighted by Gasteiger charge is -2.19. The summed E-state index contributed by atoms with van der Waals surface area (Å²) in [6, 6.07) is 4.59. The van der Waals surface area contributed by atoms with Crippen LogP contribution in [0, 0.1) is 12.2 Å². The minimum atomic E-state index is -0.227. The third-order valence-electron chi connectivity index (χ3n) is 2.51. The Morgan fingerprint density at radius 1 is 1.47 bits per heavy atom. The Morgan fingerprint density at radius 2 is 2.27 bits per heavy atom. The number of nitrogens with zero attached hydrogens (tertiary/aromatic N) is 1. The average Bonchev–Trinajstić information content (AvgIpc) is 2.58. The Balaban J connectivity index is 2.12. The van der Waals surface area contributed by atoms with Gasteiger partial charge >= 0.3 is 0 Å². The van der Waals surface area contributed by atoms with Gasteiger partial charge in [0.2, 0.25) is 0 Å². The van der Waals surface area contributed by atoms with Gasteiger partial charge in [0.05, 0.1) is 5.50 Å². The van der Waals surface area contributed by atoms with Gasteiger partial charge in [-0.25, -0.2) is 4.39 Å². The minimum Gasteiger partial charge on any atom is -0.283 e. The van der Waals surface area contributed by atoms with Crippen LogP contribution in [0.15, 0.2) is 18.2 Å². The smallest absolute Gasteiger partial charge is 0.127 e. The SMILES string of the molecule is Fc1ccc(Cl)cc1CN1CC[CH]C1Cl. The summed E-state index contributed by atoms with van der Waals surface area (Å²) in [4.78, 5) is 2.01. The van der Waals surface area contributed by atoms with Gasteiger partial charge in [0.1, 0.15) is 5.82 Å². The van der Waals surface area contributed by atoms with E-state index in [2.05, 4.69) is 0 Å². The molecule has 1 unspecified atom stereocenters. The molecule has 2 rings (SSSR count). The molecule has 1 aliphatic heterocycles. The number of halogens is 3. The van der Waals surface area contributed by atoms with E-state index in [0.29, 0.717) is 17.1 Å². The van der Waals surface area contributed by atoms with Crippen LogP contribution in [0.3, 0.4) is 0 Å². The van der Waals surface area contributed by atoms with Crippen LogP contribution in [0.5, 0.6) is 0 Å². The molecule has 0 saturated carbocycles. The number of hydrogen-bond donors (Lipinski definition) is 0. The lowest BCUT2D eigenvalue weighted by molar-refractivity contribution is 0.307. The zero-order valence-corrected chi connectivity index (χ0v) is 9.60. The molecule has 1 aromatic rings. The van der Waals surface area contributed by atoms with Crippen LogP contribution >= 0.6 is 23.2 Å². The van der Waals surface area contributed by atoms with E-state index in [-0.39, 0.29) is 11.3 Å². The highest BCUT2D eigenvalue weighted by Gasteiger charge is 2.23. The fraction of sp³-hybridized carbons (Fsp3) is 0.364. The number of alkyl halides is 1. The molecule has 4 heteroatoms. The van der Waals surface area contributed by atoms with Crippen molar-refractivity contribution in [1.82, 2.24) is 4.90 Å². The van der Waals surface area contributed by atoms with E-state index in [9.17, 15) is 4.39 Å². The molecule has 0 aliphatic carbocycles. The lowest BCUT2D eigenvalue weighted by atomic mass is 10.2. The maximum Gasteiger partial charge on any atom is 0.127 e. The van der Waals surface area contributed by atoms with Crippen molar-refractivity contribution in [3.8, 4) is 0 Å². The number of hydrogen-bond acceptors (Lipinski definition) is 1. The van der Waals surface area contributed by atoms with E-state index in [1.165, 1.54) is 6.07 Å². The largest absolute Gasteiger partial charge is 0.283 e. The fourth-order valence-electron chi connectivity index (χ4n) is 1.70. The first-order valence-corrected chi connectivity index (χ1v) is 5.63. The Morgan fingerprint density at radius 3 is 2.93 bits per heavy atom. The van der Waals surface area contributed by atoms with Crippen molar-refractivity contribution in [2.24, 2.45) is 0 Å². The molecule has 0 bridgehead atoms. The Labute approximate surface area is 98.8 Å². The molecule has 0 aromatic heterocycles. The van der Waals surface area contributed by atoms with Crippen LogP contribution < -0.4 is 0 Å². The highest BCUT2D eigenvalue weighted by Crippen LogP contribution is 2.24. The molecular formula is C11H11Cl2FN. The minimum absolute atomic E-state index is 0.0941. The molecule has 81 valence electrons. The second kappa shape index (κ2) is 4.69.